The molecule has 26 heavy (non-hydrogen) atoms. The summed E-state index contributed by atoms with van der Waals surface area (Å²) in [5.74, 6) is 3.33. The van der Waals surface area contributed by atoms with Gasteiger partial charge in [-0.1, -0.05) is 18.2 Å². The highest BCUT2D eigenvalue weighted by Gasteiger charge is 2.10. The number of nitrogens with zero attached hydrogens (tertiary/aromatic N) is 2. The van der Waals surface area contributed by atoms with E-state index in [0.717, 1.165) is 32.1 Å². The van der Waals surface area contributed by atoms with Gasteiger partial charge in [0.05, 0.1) is 13.1 Å². The fraction of sp³-hybridized carbons (Fsp3) is 0.421. The zero-order valence-electron chi connectivity index (χ0n) is 15.1. The third kappa shape index (κ3) is 6.66. The molecule has 1 aromatic carbocycles. The highest BCUT2D eigenvalue weighted by Crippen LogP contribution is 2.20. The van der Waals surface area contributed by atoms with Gasteiger partial charge in [0.1, 0.15) is 0 Å². The molecule has 142 valence electrons. The molecule has 2 aromatic rings. The highest BCUT2D eigenvalue weighted by molar-refractivity contribution is 14.0. The predicted octanol–water partition coefficient (Wildman–Crippen LogP) is 4.17. The molecule has 0 spiro atoms. The lowest BCUT2D eigenvalue weighted by atomic mass is 10.2. The number of benzene rings is 1. The summed E-state index contributed by atoms with van der Waals surface area (Å²) in [5, 5.41) is 8.81. The van der Waals surface area contributed by atoms with Crippen LogP contribution in [0.3, 0.4) is 0 Å². The molecule has 0 unspecified atom stereocenters. The normalized spacial score (nSPS) is 14.7. The molecule has 0 aliphatic carbocycles. The average Bonchev–Trinajstić information content (AvgIpc) is 3.19. The first kappa shape index (κ1) is 21.4. The molecular formula is C19H27IN4S2. The number of thiophene rings is 1. The molecule has 0 atom stereocenters. The van der Waals surface area contributed by atoms with Crippen molar-refractivity contribution in [3.63, 3.8) is 0 Å². The first-order chi connectivity index (χ1) is 12.3. The molecule has 7 heteroatoms. The highest BCUT2D eigenvalue weighted by atomic mass is 127. The second-order valence-electron chi connectivity index (χ2n) is 5.89. The molecule has 0 saturated carbocycles. The van der Waals surface area contributed by atoms with Gasteiger partial charge in [-0.2, -0.15) is 11.8 Å². The second kappa shape index (κ2) is 11.7. The molecule has 0 radical (unpaired) electrons. The summed E-state index contributed by atoms with van der Waals surface area (Å²) in [4.78, 5) is 8.49. The van der Waals surface area contributed by atoms with Crippen LogP contribution in [0.4, 0.5) is 5.69 Å². The maximum Gasteiger partial charge on any atom is 0.191 e. The van der Waals surface area contributed by atoms with Crippen molar-refractivity contribution in [3.8, 4) is 0 Å². The number of hydrogen-bond acceptors (Lipinski definition) is 4. The van der Waals surface area contributed by atoms with Gasteiger partial charge in [0.25, 0.3) is 0 Å². The van der Waals surface area contributed by atoms with E-state index in [0.29, 0.717) is 6.54 Å². The fourth-order valence-electron chi connectivity index (χ4n) is 2.73. The minimum absolute atomic E-state index is 0. The van der Waals surface area contributed by atoms with Gasteiger partial charge in [-0.25, -0.2) is 4.99 Å². The third-order valence-electron chi connectivity index (χ3n) is 4.09. The summed E-state index contributed by atoms with van der Waals surface area (Å²) >= 11 is 3.80. The van der Waals surface area contributed by atoms with E-state index in [1.807, 2.05) is 11.8 Å². The molecule has 3 rings (SSSR count). The number of aliphatic imine (C=N–C) groups is 1. The lowest BCUT2D eigenvalue weighted by Gasteiger charge is -2.28. The van der Waals surface area contributed by atoms with Gasteiger partial charge < -0.3 is 15.5 Å². The van der Waals surface area contributed by atoms with Gasteiger partial charge in [-0.3, -0.25) is 0 Å². The van der Waals surface area contributed by atoms with Crippen molar-refractivity contribution in [2.24, 2.45) is 4.99 Å². The number of guanidine groups is 1. The lowest BCUT2D eigenvalue weighted by molar-refractivity contribution is 0.823. The molecule has 1 fully saturated rings. The minimum Gasteiger partial charge on any atom is -0.370 e. The van der Waals surface area contributed by atoms with Gasteiger partial charge >= 0.3 is 0 Å². The summed E-state index contributed by atoms with van der Waals surface area (Å²) in [6.45, 7) is 6.76. The molecule has 0 amide bonds. The summed E-state index contributed by atoms with van der Waals surface area (Å²) in [5.41, 5.74) is 2.57. The van der Waals surface area contributed by atoms with E-state index in [2.05, 4.69) is 64.2 Å². The van der Waals surface area contributed by atoms with Crippen LogP contribution < -0.4 is 15.5 Å². The fourth-order valence-corrected chi connectivity index (χ4v) is 4.28. The maximum atomic E-state index is 4.71. The second-order valence-corrected chi connectivity index (χ2v) is 8.15. The Bertz CT molecular complexity index is 653. The molecule has 2 N–H and O–H groups in total. The van der Waals surface area contributed by atoms with Crippen LogP contribution in [0.15, 0.2) is 46.8 Å². The molecule has 1 aromatic heterocycles. The number of halogens is 1. The van der Waals surface area contributed by atoms with Crippen LogP contribution in [0.2, 0.25) is 0 Å². The van der Waals surface area contributed by atoms with E-state index in [-0.39, 0.29) is 24.0 Å². The van der Waals surface area contributed by atoms with Crippen LogP contribution in [-0.4, -0.2) is 37.1 Å². The van der Waals surface area contributed by atoms with E-state index in [4.69, 9.17) is 4.99 Å². The summed E-state index contributed by atoms with van der Waals surface area (Å²) < 4.78 is 0. The van der Waals surface area contributed by atoms with Crippen LogP contribution >= 0.6 is 47.1 Å². The van der Waals surface area contributed by atoms with Crippen molar-refractivity contribution in [2.75, 3.05) is 36.0 Å². The van der Waals surface area contributed by atoms with Crippen LogP contribution in [0.5, 0.6) is 0 Å². The standard InChI is InChI=1S/C19H26N4S2.HI/c1-2-20-19(22-15-18-4-3-11-25-18)21-14-16-5-7-17(8-6-16)23-9-12-24-13-10-23;/h3-8,11H,2,9-10,12-15H2,1H3,(H2,20,21,22);1H. The Morgan fingerprint density at radius 3 is 2.54 bits per heavy atom. The van der Waals surface area contributed by atoms with Gasteiger partial charge in [0.15, 0.2) is 5.96 Å². The van der Waals surface area contributed by atoms with E-state index < -0.39 is 0 Å². The topological polar surface area (TPSA) is 39.7 Å². The summed E-state index contributed by atoms with van der Waals surface area (Å²) in [7, 11) is 0. The number of rotatable bonds is 6. The molecule has 1 saturated heterocycles. The first-order valence-corrected chi connectivity index (χ1v) is 10.8. The average molecular weight is 502 g/mol. The zero-order chi connectivity index (χ0) is 17.3. The Hall–Kier alpha value is -0.930. The Morgan fingerprint density at radius 2 is 1.88 bits per heavy atom. The predicted molar refractivity (Wildman–Crippen MR) is 127 cm³/mol. The number of hydrogen-bond donors (Lipinski definition) is 2. The van der Waals surface area contributed by atoms with Crippen molar-refractivity contribution in [1.29, 1.82) is 0 Å². The quantitative estimate of drug-likeness (QED) is 0.354. The van der Waals surface area contributed by atoms with Crippen molar-refractivity contribution in [3.05, 3.63) is 52.2 Å². The van der Waals surface area contributed by atoms with E-state index in [1.165, 1.54) is 27.6 Å². The monoisotopic (exact) mass is 502 g/mol. The van der Waals surface area contributed by atoms with E-state index >= 15 is 0 Å². The number of anilines is 1. The Balaban J connectivity index is 0.00000243. The number of thioether (sulfide) groups is 1. The van der Waals surface area contributed by atoms with Crippen molar-refractivity contribution < 1.29 is 0 Å². The lowest BCUT2D eigenvalue weighted by Crippen LogP contribution is -2.36. The van der Waals surface area contributed by atoms with Crippen molar-refractivity contribution in [1.82, 2.24) is 10.6 Å². The van der Waals surface area contributed by atoms with Crippen LogP contribution in [0.25, 0.3) is 0 Å². The molecule has 2 heterocycles. The smallest absolute Gasteiger partial charge is 0.191 e. The minimum atomic E-state index is 0. The first-order valence-electron chi connectivity index (χ1n) is 8.81. The van der Waals surface area contributed by atoms with E-state index in [1.54, 1.807) is 11.3 Å². The molecule has 4 nitrogen and oxygen atoms in total. The van der Waals surface area contributed by atoms with Crippen LogP contribution in [0, 0.1) is 0 Å². The van der Waals surface area contributed by atoms with Gasteiger partial charge in [0.2, 0.25) is 0 Å². The van der Waals surface area contributed by atoms with E-state index in [9.17, 15) is 0 Å². The van der Waals surface area contributed by atoms with Crippen LogP contribution in [0.1, 0.15) is 17.4 Å². The zero-order valence-corrected chi connectivity index (χ0v) is 19.1. The Kier molecular flexibility index (Phi) is 9.63. The van der Waals surface area contributed by atoms with Crippen molar-refractivity contribution in [2.45, 2.75) is 20.0 Å². The summed E-state index contributed by atoms with van der Waals surface area (Å²) in [6.07, 6.45) is 0. The van der Waals surface area contributed by atoms with Crippen molar-refractivity contribution >= 4 is 58.7 Å². The number of nitrogens with one attached hydrogen (secondary N) is 2. The van der Waals surface area contributed by atoms with Crippen LogP contribution in [-0.2, 0) is 13.1 Å². The molecule has 0 bridgehead atoms. The Morgan fingerprint density at radius 1 is 1.12 bits per heavy atom. The largest absolute Gasteiger partial charge is 0.370 e. The van der Waals surface area contributed by atoms with Gasteiger partial charge in [-0.15, -0.1) is 35.3 Å². The van der Waals surface area contributed by atoms with Gasteiger partial charge in [0, 0.05) is 41.7 Å². The molecule has 1 aliphatic heterocycles. The molecule has 1 aliphatic rings. The Labute approximate surface area is 181 Å². The summed E-state index contributed by atoms with van der Waals surface area (Å²) in [6, 6.07) is 13.1. The third-order valence-corrected chi connectivity index (χ3v) is 5.91. The van der Waals surface area contributed by atoms with Gasteiger partial charge in [-0.05, 0) is 36.1 Å². The SMILES string of the molecule is CCNC(=NCc1ccc(N2CCSCC2)cc1)NCc1cccs1.I. The maximum absolute atomic E-state index is 4.71. The molecular weight excluding hydrogens is 475 g/mol.